The molecule has 5 heteroatoms. The number of ether oxygens (including phenoxy) is 2. The van der Waals surface area contributed by atoms with E-state index >= 15 is 0 Å². The molecular weight excluding hydrogens is 294 g/mol. The van der Waals surface area contributed by atoms with Crippen LogP contribution in [0.15, 0.2) is 49.6 Å². The van der Waals surface area contributed by atoms with Crippen LogP contribution in [0.4, 0.5) is 0 Å². The summed E-state index contributed by atoms with van der Waals surface area (Å²) in [6, 6.07) is 6.53. The Morgan fingerprint density at radius 2 is 1.65 bits per heavy atom. The molecule has 0 bridgehead atoms. The van der Waals surface area contributed by atoms with E-state index in [9.17, 15) is 9.59 Å². The lowest BCUT2D eigenvalue weighted by molar-refractivity contribution is -0.146. The van der Waals surface area contributed by atoms with Crippen molar-refractivity contribution in [1.29, 1.82) is 0 Å². The van der Waals surface area contributed by atoms with Gasteiger partial charge in [0.25, 0.3) is 0 Å². The summed E-state index contributed by atoms with van der Waals surface area (Å²) in [6.45, 7) is 8.53. The average molecular weight is 317 g/mol. The van der Waals surface area contributed by atoms with Crippen molar-refractivity contribution in [2.75, 3.05) is 27.3 Å². The van der Waals surface area contributed by atoms with Gasteiger partial charge in [-0.2, -0.15) is 0 Å². The van der Waals surface area contributed by atoms with Crippen molar-refractivity contribution in [3.05, 3.63) is 60.7 Å². The first-order valence-electron chi connectivity index (χ1n) is 7.28. The SMILES string of the molecule is C=CCN(CC=C)C(Cc1ccc(C(=O)OC)cc1)C(=O)OC. The van der Waals surface area contributed by atoms with Crippen LogP contribution in [0.25, 0.3) is 0 Å². The molecule has 1 unspecified atom stereocenters. The van der Waals surface area contributed by atoms with Crippen molar-refractivity contribution in [1.82, 2.24) is 4.90 Å². The molecule has 1 atom stereocenters. The van der Waals surface area contributed by atoms with Crippen LogP contribution in [-0.4, -0.2) is 50.2 Å². The van der Waals surface area contributed by atoms with Crippen molar-refractivity contribution in [2.24, 2.45) is 0 Å². The number of nitrogens with zero attached hydrogens (tertiary/aromatic N) is 1. The Morgan fingerprint density at radius 1 is 1.09 bits per heavy atom. The number of hydrogen-bond donors (Lipinski definition) is 0. The molecule has 0 amide bonds. The number of carbonyl (C=O) groups excluding carboxylic acids is 2. The zero-order chi connectivity index (χ0) is 17.2. The van der Waals surface area contributed by atoms with Crippen LogP contribution in [0.3, 0.4) is 0 Å². The van der Waals surface area contributed by atoms with Crippen molar-refractivity contribution in [2.45, 2.75) is 12.5 Å². The molecule has 0 radical (unpaired) electrons. The van der Waals surface area contributed by atoms with E-state index in [4.69, 9.17) is 4.74 Å². The maximum absolute atomic E-state index is 12.1. The number of esters is 2. The van der Waals surface area contributed by atoms with Crippen molar-refractivity contribution in [3.63, 3.8) is 0 Å². The number of carbonyl (C=O) groups is 2. The lowest BCUT2D eigenvalue weighted by atomic mass is 10.0. The number of benzene rings is 1. The number of methoxy groups -OCH3 is 2. The second kappa shape index (κ2) is 9.58. The van der Waals surface area contributed by atoms with Crippen LogP contribution in [-0.2, 0) is 20.7 Å². The topological polar surface area (TPSA) is 55.8 Å². The molecule has 1 rings (SSSR count). The Balaban J connectivity index is 2.95. The minimum atomic E-state index is -0.444. The van der Waals surface area contributed by atoms with Crippen LogP contribution in [0.1, 0.15) is 15.9 Å². The summed E-state index contributed by atoms with van der Waals surface area (Å²) in [5.74, 6) is -0.702. The highest BCUT2D eigenvalue weighted by Gasteiger charge is 2.25. The molecule has 124 valence electrons. The van der Waals surface area contributed by atoms with Gasteiger partial charge in [-0.3, -0.25) is 9.69 Å². The molecule has 5 nitrogen and oxygen atoms in total. The van der Waals surface area contributed by atoms with Gasteiger partial charge >= 0.3 is 11.9 Å². The van der Waals surface area contributed by atoms with Gasteiger partial charge in [-0.25, -0.2) is 4.79 Å². The Labute approximate surface area is 137 Å². The summed E-state index contributed by atoms with van der Waals surface area (Å²) in [5.41, 5.74) is 1.39. The Bertz CT molecular complexity index is 541. The van der Waals surface area contributed by atoms with E-state index in [-0.39, 0.29) is 11.9 Å². The second-order valence-electron chi connectivity index (χ2n) is 4.96. The molecule has 0 fully saturated rings. The molecule has 1 aromatic carbocycles. The van der Waals surface area contributed by atoms with Crippen LogP contribution in [0, 0.1) is 0 Å². The Hall–Kier alpha value is -2.40. The lowest BCUT2D eigenvalue weighted by Gasteiger charge is -2.27. The first kappa shape index (κ1) is 18.6. The summed E-state index contributed by atoms with van der Waals surface area (Å²) in [4.78, 5) is 25.5. The van der Waals surface area contributed by atoms with Gasteiger partial charge in [-0.15, -0.1) is 13.2 Å². The predicted molar refractivity (Wildman–Crippen MR) is 89.3 cm³/mol. The summed E-state index contributed by atoms with van der Waals surface area (Å²) >= 11 is 0. The van der Waals surface area contributed by atoms with E-state index in [0.717, 1.165) is 5.56 Å². The molecule has 0 saturated heterocycles. The predicted octanol–water partition coefficient (Wildman–Crippen LogP) is 2.23. The van der Waals surface area contributed by atoms with Gasteiger partial charge in [-0.05, 0) is 24.1 Å². The fourth-order valence-electron chi connectivity index (χ4n) is 2.28. The summed E-state index contributed by atoms with van der Waals surface area (Å²) < 4.78 is 9.59. The number of hydrogen-bond acceptors (Lipinski definition) is 5. The Morgan fingerprint density at radius 3 is 2.09 bits per heavy atom. The molecule has 0 heterocycles. The van der Waals surface area contributed by atoms with Crippen LogP contribution in [0.5, 0.6) is 0 Å². The third-order valence-corrected chi connectivity index (χ3v) is 3.45. The van der Waals surface area contributed by atoms with E-state index in [1.54, 1.807) is 24.3 Å². The van der Waals surface area contributed by atoms with Crippen LogP contribution in [0.2, 0.25) is 0 Å². The van der Waals surface area contributed by atoms with Gasteiger partial charge in [0.15, 0.2) is 0 Å². The van der Waals surface area contributed by atoms with E-state index in [2.05, 4.69) is 17.9 Å². The van der Waals surface area contributed by atoms with Gasteiger partial charge in [-0.1, -0.05) is 24.3 Å². The largest absolute Gasteiger partial charge is 0.468 e. The van der Waals surface area contributed by atoms with E-state index in [0.29, 0.717) is 25.1 Å². The molecular formula is C18H23NO4. The van der Waals surface area contributed by atoms with Crippen molar-refractivity contribution < 1.29 is 19.1 Å². The van der Waals surface area contributed by atoms with E-state index < -0.39 is 6.04 Å². The van der Waals surface area contributed by atoms with Gasteiger partial charge in [0, 0.05) is 13.1 Å². The van der Waals surface area contributed by atoms with Gasteiger partial charge in [0.1, 0.15) is 6.04 Å². The van der Waals surface area contributed by atoms with Crippen molar-refractivity contribution in [3.8, 4) is 0 Å². The molecule has 23 heavy (non-hydrogen) atoms. The average Bonchev–Trinajstić information content (AvgIpc) is 2.58. The smallest absolute Gasteiger partial charge is 0.337 e. The zero-order valence-corrected chi connectivity index (χ0v) is 13.7. The Kier molecular flexibility index (Phi) is 7.77. The molecule has 0 aliphatic rings. The van der Waals surface area contributed by atoms with Crippen molar-refractivity contribution >= 4 is 11.9 Å². The third kappa shape index (κ3) is 5.38. The maximum atomic E-state index is 12.1. The third-order valence-electron chi connectivity index (χ3n) is 3.45. The maximum Gasteiger partial charge on any atom is 0.337 e. The molecule has 0 aliphatic heterocycles. The first-order valence-corrected chi connectivity index (χ1v) is 7.28. The lowest BCUT2D eigenvalue weighted by Crippen LogP contribution is -2.43. The van der Waals surface area contributed by atoms with E-state index in [1.807, 2.05) is 17.0 Å². The molecule has 1 aromatic rings. The molecule has 0 aliphatic carbocycles. The van der Waals surface area contributed by atoms with Gasteiger partial charge in [0.2, 0.25) is 0 Å². The highest BCUT2D eigenvalue weighted by Crippen LogP contribution is 2.13. The monoisotopic (exact) mass is 317 g/mol. The highest BCUT2D eigenvalue weighted by atomic mass is 16.5. The fourth-order valence-corrected chi connectivity index (χ4v) is 2.28. The zero-order valence-electron chi connectivity index (χ0n) is 13.7. The minimum Gasteiger partial charge on any atom is -0.468 e. The van der Waals surface area contributed by atoms with E-state index in [1.165, 1.54) is 14.2 Å². The summed E-state index contributed by atoms with van der Waals surface area (Å²) in [6.07, 6.45) is 3.94. The standard InChI is InChI=1S/C18H23NO4/c1-5-11-19(12-6-2)16(18(21)23-4)13-14-7-9-15(10-8-14)17(20)22-3/h5-10,16H,1-2,11-13H2,3-4H3. The summed E-state index contributed by atoms with van der Waals surface area (Å²) in [5, 5.41) is 0. The number of rotatable bonds is 9. The normalized spacial score (nSPS) is 11.6. The summed E-state index contributed by atoms with van der Waals surface area (Å²) in [7, 11) is 2.71. The van der Waals surface area contributed by atoms with Crippen LogP contribution >= 0.6 is 0 Å². The molecule has 0 saturated carbocycles. The van der Waals surface area contributed by atoms with Gasteiger partial charge in [0.05, 0.1) is 19.8 Å². The molecule has 0 spiro atoms. The fraction of sp³-hybridized carbons (Fsp3) is 0.333. The minimum absolute atomic E-state index is 0.314. The highest BCUT2D eigenvalue weighted by molar-refractivity contribution is 5.89. The van der Waals surface area contributed by atoms with Crippen LogP contribution < -0.4 is 0 Å². The quantitative estimate of drug-likeness (QED) is 0.516. The molecule has 0 N–H and O–H groups in total. The molecule has 0 aromatic heterocycles. The second-order valence-corrected chi connectivity index (χ2v) is 4.96. The first-order chi connectivity index (χ1) is 11.1. The van der Waals surface area contributed by atoms with Gasteiger partial charge < -0.3 is 9.47 Å².